The van der Waals surface area contributed by atoms with Gasteiger partial charge in [-0.15, -0.1) is 0 Å². The summed E-state index contributed by atoms with van der Waals surface area (Å²) in [4.78, 5) is 39.1. The van der Waals surface area contributed by atoms with Crippen molar-refractivity contribution in [1.82, 2.24) is 19.1 Å². The van der Waals surface area contributed by atoms with Crippen molar-refractivity contribution >= 4 is 28.3 Å². The molecule has 0 saturated carbocycles. The number of benzene rings is 1. The van der Waals surface area contributed by atoms with E-state index >= 15 is 0 Å². The number of aromatic nitrogens is 3. The summed E-state index contributed by atoms with van der Waals surface area (Å²) in [6.07, 6.45) is 3.01. The summed E-state index contributed by atoms with van der Waals surface area (Å²) in [7, 11) is 0. The van der Waals surface area contributed by atoms with Gasteiger partial charge in [0, 0.05) is 18.5 Å². The quantitative estimate of drug-likeness (QED) is 0.638. The van der Waals surface area contributed by atoms with Gasteiger partial charge in [-0.25, -0.2) is 4.68 Å². The topological polar surface area (TPSA) is 85.9 Å². The van der Waals surface area contributed by atoms with Crippen LogP contribution in [-0.2, 0) is 20.9 Å². The second-order valence-electron chi connectivity index (χ2n) is 6.98. The van der Waals surface area contributed by atoms with E-state index in [1.165, 1.54) is 4.68 Å². The molecule has 2 aromatic heterocycles. The zero-order chi connectivity index (χ0) is 19.7. The minimum absolute atomic E-state index is 0.146. The van der Waals surface area contributed by atoms with Crippen molar-refractivity contribution in [3.8, 4) is 0 Å². The van der Waals surface area contributed by atoms with E-state index < -0.39 is 0 Å². The zero-order valence-electron chi connectivity index (χ0n) is 15.7. The molecule has 3 aromatic rings. The lowest BCUT2D eigenvalue weighted by Gasteiger charge is -2.31. The lowest BCUT2D eigenvalue weighted by Crippen LogP contribution is -2.45. The minimum Gasteiger partial charge on any atom is -0.466 e. The normalized spacial score (nSPS) is 17.2. The van der Waals surface area contributed by atoms with Crippen LogP contribution in [0.1, 0.15) is 19.8 Å². The summed E-state index contributed by atoms with van der Waals surface area (Å²) in [6, 6.07) is 9.47. The third-order valence-corrected chi connectivity index (χ3v) is 5.19. The van der Waals surface area contributed by atoms with Gasteiger partial charge < -0.3 is 9.64 Å². The summed E-state index contributed by atoms with van der Waals surface area (Å²) in [6.45, 7) is 2.84. The summed E-state index contributed by atoms with van der Waals surface area (Å²) >= 11 is 0. The number of para-hydroxylation sites is 1. The fourth-order valence-corrected chi connectivity index (χ4v) is 3.76. The monoisotopic (exact) mass is 382 g/mol. The molecular weight excluding hydrogens is 360 g/mol. The van der Waals surface area contributed by atoms with Gasteiger partial charge >= 0.3 is 5.97 Å². The summed E-state index contributed by atoms with van der Waals surface area (Å²) in [5.41, 5.74) is 1.06. The molecule has 4 rings (SSSR count). The maximum atomic E-state index is 12.8. The molecule has 0 aliphatic carbocycles. The van der Waals surface area contributed by atoms with E-state index in [0.717, 1.165) is 17.3 Å². The summed E-state index contributed by atoms with van der Waals surface area (Å²) in [5, 5.41) is 5.12. The molecule has 8 nitrogen and oxygen atoms in total. The van der Waals surface area contributed by atoms with Crippen LogP contribution in [0.15, 0.2) is 41.5 Å². The molecule has 1 amide bonds. The number of carbonyl (C=O) groups excluding carboxylic acids is 2. The van der Waals surface area contributed by atoms with Crippen LogP contribution in [0.3, 0.4) is 0 Å². The molecular formula is C20H22N4O4. The summed E-state index contributed by atoms with van der Waals surface area (Å²) < 4.78 is 7.99. The maximum Gasteiger partial charge on any atom is 0.310 e. The Bertz CT molecular complexity index is 1100. The van der Waals surface area contributed by atoms with Crippen LogP contribution >= 0.6 is 0 Å². The largest absolute Gasteiger partial charge is 0.466 e. The van der Waals surface area contributed by atoms with Gasteiger partial charge in [0.1, 0.15) is 18.4 Å². The molecule has 8 heteroatoms. The number of hydrogen-bond donors (Lipinski definition) is 0. The lowest BCUT2D eigenvalue weighted by molar-refractivity contribution is -0.151. The van der Waals surface area contributed by atoms with Gasteiger partial charge in [-0.2, -0.15) is 5.10 Å². The maximum absolute atomic E-state index is 12.8. The summed E-state index contributed by atoms with van der Waals surface area (Å²) in [5.74, 6) is -0.790. The molecule has 1 atom stereocenters. The first kappa shape index (κ1) is 18.2. The van der Waals surface area contributed by atoms with Crippen LogP contribution in [0.4, 0.5) is 0 Å². The molecule has 1 aliphatic heterocycles. The molecule has 0 bridgehead atoms. The molecule has 0 N–H and O–H groups in total. The number of hydrogen-bond acceptors (Lipinski definition) is 5. The van der Waals surface area contributed by atoms with Gasteiger partial charge in [0.05, 0.1) is 18.0 Å². The van der Waals surface area contributed by atoms with Crippen molar-refractivity contribution in [3.63, 3.8) is 0 Å². The van der Waals surface area contributed by atoms with Crippen LogP contribution in [0.2, 0.25) is 0 Å². The fourth-order valence-electron chi connectivity index (χ4n) is 3.76. The molecule has 28 heavy (non-hydrogen) atoms. The molecule has 0 radical (unpaired) electrons. The predicted molar refractivity (Wildman–Crippen MR) is 103 cm³/mol. The highest BCUT2D eigenvalue weighted by Crippen LogP contribution is 2.19. The highest BCUT2D eigenvalue weighted by Gasteiger charge is 2.29. The van der Waals surface area contributed by atoms with Gasteiger partial charge in [0.15, 0.2) is 0 Å². The van der Waals surface area contributed by atoms with Crippen LogP contribution in [0.5, 0.6) is 0 Å². The average Bonchev–Trinajstić information content (AvgIpc) is 3.10. The van der Waals surface area contributed by atoms with Crippen molar-refractivity contribution in [2.45, 2.75) is 26.3 Å². The highest BCUT2D eigenvalue weighted by atomic mass is 16.5. The Balaban J connectivity index is 1.55. The predicted octanol–water partition coefficient (Wildman–Crippen LogP) is 1.45. The molecule has 1 unspecified atom stereocenters. The van der Waals surface area contributed by atoms with E-state index in [1.807, 2.05) is 24.3 Å². The molecule has 146 valence electrons. The molecule has 0 spiro atoms. The van der Waals surface area contributed by atoms with Gasteiger partial charge in [-0.1, -0.05) is 18.2 Å². The van der Waals surface area contributed by atoms with Crippen molar-refractivity contribution in [2.75, 3.05) is 19.7 Å². The number of carbonyl (C=O) groups is 2. The van der Waals surface area contributed by atoms with Crippen LogP contribution < -0.4 is 5.56 Å². The fraction of sp³-hybridized carbons (Fsp3) is 0.400. The van der Waals surface area contributed by atoms with Crippen molar-refractivity contribution in [3.05, 3.63) is 47.0 Å². The SMILES string of the molecule is CCOC(=O)C1CCCN(C(=O)Cn2ncn3c(cc4ccccc43)c2=O)C1. The van der Waals surface area contributed by atoms with Gasteiger partial charge in [0.2, 0.25) is 5.91 Å². The number of nitrogens with zero attached hydrogens (tertiary/aromatic N) is 4. The van der Waals surface area contributed by atoms with E-state index in [-0.39, 0.29) is 29.9 Å². The molecule has 3 heterocycles. The van der Waals surface area contributed by atoms with Crippen LogP contribution in [0.25, 0.3) is 16.4 Å². The molecule has 1 fully saturated rings. The Hall–Kier alpha value is -3.16. The van der Waals surface area contributed by atoms with Gasteiger partial charge in [-0.05, 0) is 31.9 Å². The van der Waals surface area contributed by atoms with Crippen molar-refractivity contribution in [2.24, 2.45) is 5.92 Å². The zero-order valence-corrected chi connectivity index (χ0v) is 15.7. The second-order valence-corrected chi connectivity index (χ2v) is 6.98. The van der Waals surface area contributed by atoms with E-state index in [2.05, 4.69) is 5.10 Å². The van der Waals surface area contributed by atoms with Gasteiger partial charge in [0.25, 0.3) is 5.56 Å². The Morgan fingerprint density at radius 2 is 2.07 bits per heavy atom. The van der Waals surface area contributed by atoms with Crippen molar-refractivity contribution < 1.29 is 14.3 Å². The Labute approximate surface area is 161 Å². The number of ether oxygens (including phenoxy) is 1. The Morgan fingerprint density at radius 1 is 1.25 bits per heavy atom. The molecule has 1 saturated heterocycles. The van der Waals surface area contributed by atoms with Gasteiger partial charge in [-0.3, -0.25) is 18.8 Å². The smallest absolute Gasteiger partial charge is 0.310 e. The third kappa shape index (κ3) is 3.26. The molecule has 1 aliphatic rings. The minimum atomic E-state index is -0.314. The van der Waals surface area contributed by atoms with Crippen LogP contribution in [0, 0.1) is 5.92 Å². The number of fused-ring (bicyclic) bond motifs is 3. The standard InChI is InChI=1S/C20H22N4O4/c1-2-28-20(27)15-7-5-9-22(11-15)18(25)12-24-19(26)17-10-14-6-3-4-8-16(14)23(17)13-21-24/h3-4,6,8,10,13,15H,2,5,7,9,11-12H2,1H3. The Kier molecular flexibility index (Phi) is 4.85. The number of likely N-dealkylation sites (tertiary alicyclic amines) is 1. The average molecular weight is 382 g/mol. The third-order valence-electron chi connectivity index (χ3n) is 5.19. The Morgan fingerprint density at radius 3 is 2.89 bits per heavy atom. The van der Waals surface area contributed by atoms with E-state index in [4.69, 9.17) is 4.74 Å². The number of rotatable bonds is 4. The highest BCUT2D eigenvalue weighted by molar-refractivity contribution is 5.86. The van der Waals surface area contributed by atoms with E-state index in [1.54, 1.807) is 28.6 Å². The number of amides is 1. The second kappa shape index (κ2) is 7.46. The first-order chi connectivity index (χ1) is 13.6. The number of esters is 1. The molecule has 1 aromatic carbocycles. The first-order valence-electron chi connectivity index (χ1n) is 9.49. The first-order valence-corrected chi connectivity index (χ1v) is 9.49. The van der Waals surface area contributed by atoms with E-state index in [9.17, 15) is 14.4 Å². The van der Waals surface area contributed by atoms with E-state index in [0.29, 0.717) is 31.6 Å². The number of piperidine rings is 1. The lowest BCUT2D eigenvalue weighted by atomic mass is 9.98. The van der Waals surface area contributed by atoms with Crippen molar-refractivity contribution in [1.29, 1.82) is 0 Å². The van der Waals surface area contributed by atoms with Crippen LogP contribution in [-0.4, -0.2) is 50.7 Å².